The molecule has 1 atom stereocenters. The first-order valence-corrected chi connectivity index (χ1v) is 8.64. The number of anilines is 1. The van der Waals surface area contributed by atoms with Crippen LogP contribution in [0.15, 0.2) is 23.3 Å². The molecule has 25 heavy (non-hydrogen) atoms. The Morgan fingerprint density at radius 3 is 2.80 bits per heavy atom. The van der Waals surface area contributed by atoms with Crippen molar-refractivity contribution in [1.82, 2.24) is 10.7 Å². The van der Waals surface area contributed by atoms with Gasteiger partial charge in [0.2, 0.25) is 0 Å². The standard InChI is InChI=1S/C17H25FN4O2S/c1-12(11-23-3)19-17(25)21-20-13(2)14-4-5-16(15(18)10-14)22-6-8-24-9-7-22/h4-5,10,12H,6-9,11H2,1-3H3,(H2,19,21,25)/b20-13-/t12-/m1/s1. The van der Waals surface area contributed by atoms with Crippen LogP contribution in [0.5, 0.6) is 0 Å². The quantitative estimate of drug-likeness (QED) is 0.454. The molecule has 1 aliphatic heterocycles. The van der Waals surface area contributed by atoms with Crippen molar-refractivity contribution in [2.24, 2.45) is 5.10 Å². The first kappa shape index (κ1) is 19.6. The molecular weight excluding hydrogens is 343 g/mol. The molecule has 1 fully saturated rings. The fourth-order valence-corrected chi connectivity index (χ4v) is 2.79. The molecule has 0 amide bonds. The molecule has 0 aliphatic carbocycles. The topological polar surface area (TPSA) is 58.1 Å². The van der Waals surface area contributed by atoms with E-state index in [4.69, 9.17) is 21.7 Å². The van der Waals surface area contributed by atoms with Crippen LogP contribution in [-0.2, 0) is 9.47 Å². The van der Waals surface area contributed by atoms with Gasteiger partial charge < -0.3 is 19.7 Å². The summed E-state index contributed by atoms with van der Waals surface area (Å²) in [4.78, 5) is 1.99. The molecule has 0 saturated carbocycles. The third kappa shape index (κ3) is 5.91. The molecule has 0 radical (unpaired) electrons. The van der Waals surface area contributed by atoms with Crippen molar-refractivity contribution in [3.63, 3.8) is 0 Å². The molecule has 1 aliphatic rings. The van der Waals surface area contributed by atoms with Crippen molar-refractivity contribution < 1.29 is 13.9 Å². The molecule has 8 heteroatoms. The summed E-state index contributed by atoms with van der Waals surface area (Å²) in [7, 11) is 1.63. The van der Waals surface area contributed by atoms with Crippen LogP contribution in [0.4, 0.5) is 10.1 Å². The minimum atomic E-state index is -0.261. The average Bonchev–Trinajstić information content (AvgIpc) is 2.60. The Balaban J connectivity index is 1.97. The van der Waals surface area contributed by atoms with Gasteiger partial charge in [0.05, 0.1) is 31.2 Å². The van der Waals surface area contributed by atoms with Crippen LogP contribution in [0.1, 0.15) is 19.4 Å². The smallest absolute Gasteiger partial charge is 0.187 e. The molecule has 1 aromatic carbocycles. The monoisotopic (exact) mass is 368 g/mol. The molecule has 0 unspecified atom stereocenters. The fourth-order valence-electron chi connectivity index (χ4n) is 2.54. The van der Waals surface area contributed by atoms with E-state index < -0.39 is 0 Å². The second kappa shape index (κ2) is 9.65. The van der Waals surface area contributed by atoms with Gasteiger partial charge in [0.15, 0.2) is 5.11 Å². The number of nitrogens with zero attached hydrogens (tertiary/aromatic N) is 2. The number of hydrogen-bond donors (Lipinski definition) is 2. The molecule has 1 aromatic rings. The highest BCUT2D eigenvalue weighted by Crippen LogP contribution is 2.21. The van der Waals surface area contributed by atoms with Crippen LogP contribution in [0.25, 0.3) is 0 Å². The van der Waals surface area contributed by atoms with E-state index in [1.54, 1.807) is 20.1 Å². The lowest BCUT2D eigenvalue weighted by atomic mass is 10.1. The lowest BCUT2D eigenvalue weighted by Crippen LogP contribution is -2.40. The summed E-state index contributed by atoms with van der Waals surface area (Å²) < 4.78 is 24.8. The molecule has 138 valence electrons. The highest BCUT2D eigenvalue weighted by molar-refractivity contribution is 7.80. The second-order valence-corrected chi connectivity index (χ2v) is 6.31. The summed E-state index contributed by atoms with van der Waals surface area (Å²) in [6, 6.07) is 5.21. The van der Waals surface area contributed by atoms with Gasteiger partial charge in [-0.3, -0.25) is 5.43 Å². The summed E-state index contributed by atoms with van der Waals surface area (Å²) >= 11 is 5.17. The van der Waals surface area contributed by atoms with Gasteiger partial charge in [0.1, 0.15) is 5.82 Å². The number of thiocarbonyl (C=S) groups is 1. The van der Waals surface area contributed by atoms with Crippen LogP contribution in [-0.4, -0.2) is 56.9 Å². The third-order valence-corrected chi connectivity index (χ3v) is 4.05. The zero-order valence-corrected chi connectivity index (χ0v) is 15.7. The second-order valence-electron chi connectivity index (χ2n) is 5.90. The van der Waals surface area contributed by atoms with Crippen LogP contribution in [0.2, 0.25) is 0 Å². The van der Waals surface area contributed by atoms with Gasteiger partial charge >= 0.3 is 0 Å². The molecule has 1 saturated heterocycles. The molecule has 6 nitrogen and oxygen atoms in total. The van der Waals surface area contributed by atoms with Crippen molar-refractivity contribution in [1.29, 1.82) is 0 Å². The summed E-state index contributed by atoms with van der Waals surface area (Å²) in [6.07, 6.45) is 0. The van der Waals surface area contributed by atoms with E-state index in [2.05, 4.69) is 15.8 Å². The number of nitrogens with one attached hydrogen (secondary N) is 2. The average molecular weight is 368 g/mol. The van der Waals surface area contributed by atoms with Crippen LogP contribution >= 0.6 is 12.2 Å². The van der Waals surface area contributed by atoms with E-state index in [1.165, 1.54) is 6.07 Å². The Morgan fingerprint density at radius 2 is 2.16 bits per heavy atom. The van der Waals surface area contributed by atoms with Crippen molar-refractivity contribution in [3.8, 4) is 0 Å². The number of methoxy groups -OCH3 is 1. The lowest BCUT2D eigenvalue weighted by Gasteiger charge is -2.29. The predicted molar refractivity (Wildman–Crippen MR) is 102 cm³/mol. The highest BCUT2D eigenvalue weighted by Gasteiger charge is 2.15. The Morgan fingerprint density at radius 1 is 1.44 bits per heavy atom. The summed E-state index contributed by atoms with van der Waals surface area (Å²) in [5, 5.41) is 7.66. The molecule has 1 heterocycles. The fraction of sp³-hybridized carbons (Fsp3) is 0.529. The molecule has 2 N–H and O–H groups in total. The Bertz CT molecular complexity index is 621. The van der Waals surface area contributed by atoms with Gasteiger partial charge in [0, 0.05) is 31.8 Å². The number of rotatable bonds is 6. The van der Waals surface area contributed by atoms with Crippen LogP contribution in [0.3, 0.4) is 0 Å². The first-order chi connectivity index (χ1) is 12.0. The van der Waals surface area contributed by atoms with Gasteiger partial charge in [-0.2, -0.15) is 5.10 Å². The lowest BCUT2D eigenvalue weighted by molar-refractivity contribution is 0.122. The van der Waals surface area contributed by atoms with Gasteiger partial charge in [0.25, 0.3) is 0 Å². The maximum atomic E-state index is 14.4. The van der Waals surface area contributed by atoms with Crippen LogP contribution in [0, 0.1) is 5.82 Å². The summed E-state index contributed by atoms with van der Waals surface area (Å²) in [5.74, 6) is -0.261. The molecule has 2 rings (SSSR count). The summed E-state index contributed by atoms with van der Waals surface area (Å²) in [5.41, 5.74) is 4.72. The maximum absolute atomic E-state index is 14.4. The Hall–Kier alpha value is -1.77. The van der Waals surface area contributed by atoms with E-state index >= 15 is 0 Å². The molecule has 0 aromatic heterocycles. The van der Waals surface area contributed by atoms with Crippen molar-refractivity contribution in [2.45, 2.75) is 19.9 Å². The van der Waals surface area contributed by atoms with Crippen molar-refractivity contribution in [2.75, 3.05) is 44.9 Å². The van der Waals surface area contributed by atoms with Gasteiger partial charge in [-0.05, 0) is 38.2 Å². The minimum Gasteiger partial charge on any atom is -0.383 e. The van der Waals surface area contributed by atoms with Gasteiger partial charge in [-0.15, -0.1) is 0 Å². The summed E-state index contributed by atoms with van der Waals surface area (Å²) in [6.45, 7) is 6.94. The highest BCUT2D eigenvalue weighted by atomic mass is 32.1. The Labute approximate surface area is 153 Å². The van der Waals surface area contributed by atoms with Crippen molar-refractivity contribution in [3.05, 3.63) is 29.6 Å². The number of halogens is 1. The first-order valence-electron chi connectivity index (χ1n) is 8.23. The van der Waals surface area contributed by atoms with E-state index in [-0.39, 0.29) is 11.9 Å². The van der Waals surface area contributed by atoms with Crippen LogP contribution < -0.4 is 15.6 Å². The van der Waals surface area contributed by atoms with E-state index in [1.807, 2.05) is 17.9 Å². The van der Waals surface area contributed by atoms with E-state index in [0.717, 1.165) is 0 Å². The zero-order valence-electron chi connectivity index (χ0n) is 14.8. The van der Waals surface area contributed by atoms with E-state index in [9.17, 15) is 4.39 Å². The maximum Gasteiger partial charge on any atom is 0.187 e. The Kier molecular flexibility index (Phi) is 7.54. The largest absolute Gasteiger partial charge is 0.383 e. The number of morpholine rings is 1. The number of hydrazone groups is 1. The molecule has 0 bridgehead atoms. The zero-order chi connectivity index (χ0) is 18.2. The number of hydrogen-bond acceptors (Lipinski definition) is 5. The molecular formula is C17H25FN4O2S. The SMILES string of the molecule is COC[C@@H](C)NC(=S)N/N=C(/C)c1ccc(N2CCOCC2)c(F)c1. The number of ether oxygens (including phenoxy) is 2. The predicted octanol–water partition coefficient (Wildman–Crippen LogP) is 1.89. The number of benzene rings is 1. The van der Waals surface area contributed by atoms with Gasteiger partial charge in [-0.1, -0.05) is 6.07 Å². The van der Waals surface area contributed by atoms with Gasteiger partial charge in [-0.25, -0.2) is 4.39 Å². The minimum absolute atomic E-state index is 0.0748. The molecule has 0 spiro atoms. The van der Waals surface area contributed by atoms with E-state index in [0.29, 0.717) is 55.0 Å². The third-order valence-electron chi connectivity index (χ3n) is 3.84. The van der Waals surface area contributed by atoms with Crippen molar-refractivity contribution >= 4 is 28.7 Å². The normalized spacial score (nSPS) is 16.5.